The van der Waals surface area contributed by atoms with Gasteiger partial charge in [0.15, 0.2) is 0 Å². The van der Waals surface area contributed by atoms with Crippen LogP contribution in [0.25, 0.3) is 0 Å². The van der Waals surface area contributed by atoms with Gasteiger partial charge in [-0.1, -0.05) is 12.2 Å². The van der Waals surface area contributed by atoms with Crippen molar-refractivity contribution in [3.8, 4) is 0 Å². The normalized spacial score (nSPS) is 23.4. The van der Waals surface area contributed by atoms with Crippen LogP contribution in [0.4, 0.5) is 0 Å². The summed E-state index contributed by atoms with van der Waals surface area (Å²) in [6, 6.07) is 0. The molecule has 0 bridgehead atoms. The average Bonchev–Trinajstić information content (AvgIpc) is 2.80. The van der Waals surface area contributed by atoms with Gasteiger partial charge in [-0.2, -0.15) is 0 Å². The van der Waals surface area contributed by atoms with Crippen molar-refractivity contribution in [2.75, 3.05) is 12.5 Å². The molecule has 0 N–H and O–H groups in total. The Morgan fingerprint density at radius 3 is 2.91 bits per heavy atom. The van der Waals surface area contributed by atoms with E-state index < -0.39 is 0 Å². The van der Waals surface area contributed by atoms with Gasteiger partial charge >= 0.3 is 0 Å². The summed E-state index contributed by atoms with van der Waals surface area (Å²) in [5.41, 5.74) is 1.33. The molecule has 1 aliphatic rings. The van der Waals surface area contributed by atoms with Gasteiger partial charge in [0.2, 0.25) is 0 Å². The first kappa shape index (κ1) is 8.82. The maximum atomic E-state index is 5.59. The Morgan fingerprint density at radius 1 is 1.73 bits per heavy atom. The molecular formula is C9H13ClO. The van der Waals surface area contributed by atoms with Crippen LogP contribution in [0.15, 0.2) is 24.3 Å². The molecule has 1 rings (SSSR count). The molecule has 62 valence electrons. The van der Waals surface area contributed by atoms with Gasteiger partial charge in [-0.25, -0.2) is 0 Å². The fourth-order valence-corrected chi connectivity index (χ4v) is 1.22. The lowest BCUT2D eigenvalue weighted by Gasteiger charge is -1.99. The number of hydrogen-bond donors (Lipinski definition) is 0. The van der Waals surface area contributed by atoms with Gasteiger partial charge in [0.25, 0.3) is 0 Å². The zero-order chi connectivity index (χ0) is 8.10. The summed E-state index contributed by atoms with van der Waals surface area (Å²) in [5.74, 6) is 0.590. The maximum absolute atomic E-state index is 5.59. The Labute approximate surface area is 72.7 Å². The first-order chi connectivity index (χ1) is 5.38. The molecule has 11 heavy (non-hydrogen) atoms. The topological polar surface area (TPSA) is 12.5 Å². The molecule has 0 saturated carbocycles. The van der Waals surface area contributed by atoms with Crippen LogP contribution < -0.4 is 0 Å². The second-order valence-electron chi connectivity index (χ2n) is 2.58. The highest BCUT2D eigenvalue weighted by Gasteiger charge is 2.25. The minimum Gasteiger partial charge on any atom is -0.368 e. The molecule has 0 amide bonds. The molecule has 0 radical (unpaired) electrons. The first-order valence-corrected chi connectivity index (χ1v) is 4.39. The lowest BCUT2D eigenvalue weighted by atomic mass is 10.1. The third-order valence-corrected chi connectivity index (χ3v) is 1.88. The molecule has 1 heterocycles. The van der Waals surface area contributed by atoms with E-state index in [-0.39, 0.29) is 0 Å². The minimum absolute atomic E-state index is 0.369. The minimum atomic E-state index is 0.369. The van der Waals surface area contributed by atoms with Crippen molar-refractivity contribution < 1.29 is 4.74 Å². The largest absolute Gasteiger partial charge is 0.368 e. The summed E-state index contributed by atoms with van der Waals surface area (Å²) < 4.78 is 5.16. The highest BCUT2D eigenvalue weighted by molar-refractivity contribution is 6.18. The molecule has 0 aromatic rings. The number of halogens is 1. The third-order valence-electron chi connectivity index (χ3n) is 1.72. The van der Waals surface area contributed by atoms with Crippen molar-refractivity contribution >= 4 is 11.6 Å². The molecule has 1 fully saturated rings. The molecule has 1 nitrogen and oxygen atoms in total. The average molecular weight is 173 g/mol. The maximum Gasteiger partial charge on any atom is 0.102 e. The molecule has 1 saturated heterocycles. The van der Waals surface area contributed by atoms with Gasteiger partial charge in [-0.3, -0.25) is 0 Å². The Morgan fingerprint density at radius 2 is 2.45 bits per heavy atom. The van der Waals surface area contributed by atoms with E-state index in [1.807, 2.05) is 12.2 Å². The van der Waals surface area contributed by atoms with E-state index in [1.165, 1.54) is 5.57 Å². The Balaban J connectivity index is 2.32. The molecule has 1 unspecified atom stereocenters. The van der Waals surface area contributed by atoms with Gasteiger partial charge in [0, 0.05) is 5.88 Å². The number of allylic oxidation sites excluding steroid dienone is 2. The number of epoxide rings is 1. The highest BCUT2D eigenvalue weighted by Crippen LogP contribution is 2.23. The smallest absolute Gasteiger partial charge is 0.102 e. The summed E-state index contributed by atoms with van der Waals surface area (Å²) in [6.45, 7) is 4.55. The van der Waals surface area contributed by atoms with Crippen LogP contribution in [-0.4, -0.2) is 18.6 Å². The molecule has 0 aromatic carbocycles. The van der Waals surface area contributed by atoms with Crippen LogP contribution in [0.3, 0.4) is 0 Å². The number of hydrogen-bond acceptors (Lipinski definition) is 1. The van der Waals surface area contributed by atoms with Gasteiger partial charge in [-0.15, -0.1) is 18.2 Å². The van der Waals surface area contributed by atoms with Crippen LogP contribution in [0.2, 0.25) is 0 Å². The predicted molar refractivity (Wildman–Crippen MR) is 48.0 cm³/mol. The summed E-state index contributed by atoms with van der Waals surface area (Å²) in [5, 5.41) is 0. The summed E-state index contributed by atoms with van der Waals surface area (Å²) in [4.78, 5) is 0. The molecule has 0 aromatic heterocycles. The van der Waals surface area contributed by atoms with Crippen molar-refractivity contribution in [1.82, 2.24) is 0 Å². The van der Waals surface area contributed by atoms with E-state index >= 15 is 0 Å². The third kappa shape index (κ3) is 3.08. The van der Waals surface area contributed by atoms with Gasteiger partial charge in [0.05, 0.1) is 6.61 Å². The van der Waals surface area contributed by atoms with E-state index in [1.54, 1.807) is 0 Å². The van der Waals surface area contributed by atoms with E-state index in [4.69, 9.17) is 16.3 Å². The second kappa shape index (κ2) is 4.58. The lowest BCUT2D eigenvalue weighted by molar-refractivity contribution is 0.427. The van der Waals surface area contributed by atoms with Gasteiger partial charge in [0.1, 0.15) is 6.10 Å². The van der Waals surface area contributed by atoms with Crippen molar-refractivity contribution in [2.24, 2.45) is 0 Å². The lowest BCUT2D eigenvalue weighted by Crippen LogP contribution is -1.92. The molecule has 2 heteroatoms. The van der Waals surface area contributed by atoms with E-state index in [2.05, 4.69) is 6.58 Å². The van der Waals surface area contributed by atoms with E-state index in [0.29, 0.717) is 12.0 Å². The highest BCUT2D eigenvalue weighted by atomic mass is 35.5. The SMILES string of the molecule is C=CCC/C(=C\CCl)C1CO1. The zero-order valence-corrected chi connectivity index (χ0v) is 7.31. The Bertz CT molecular complexity index is 159. The van der Waals surface area contributed by atoms with Crippen LogP contribution in [0.1, 0.15) is 12.8 Å². The summed E-state index contributed by atoms with van der Waals surface area (Å²) >= 11 is 5.59. The molecule has 1 aliphatic heterocycles. The summed E-state index contributed by atoms with van der Waals surface area (Å²) in [6.07, 6.45) is 6.39. The van der Waals surface area contributed by atoms with E-state index in [0.717, 1.165) is 19.4 Å². The van der Waals surface area contributed by atoms with Crippen LogP contribution in [-0.2, 0) is 4.74 Å². The van der Waals surface area contributed by atoms with Crippen LogP contribution in [0, 0.1) is 0 Å². The Kier molecular flexibility index (Phi) is 3.67. The Hall–Kier alpha value is -0.270. The van der Waals surface area contributed by atoms with Gasteiger partial charge < -0.3 is 4.74 Å². The molecule has 0 aliphatic carbocycles. The fraction of sp³-hybridized carbons (Fsp3) is 0.556. The number of alkyl halides is 1. The van der Waals surface area contributed by atoms with E-state index in [9.17, 15) is 0 Å². The fourth-order valence-electron chi connectivity index (χ4n) is 1.02. The quantitative estimate of drug-likeness (QED) is 0.353. The molecule has 1 atom stereocenters. The van der Waals surface area contributed by atoms with Gasteiger partial charge in [-0.05, 0) is 18.4 Å². The molecular weight excluding hydrogens is 160 g/mol. The first-order valence-electron chi connectivity index (χ1n) is 3.86. The number of ether oxygens (including phenoxy) is 1. The predicted octanol–water partition coefficient (Wildman–Crippen LogP) is 2.52. The monoisotopic (exact) mass is 172 g/mol. The van der Waals surface area contributed by atoms with Crippen molar-refractivity contribution in [1.29, 1.82) is 0 Å². The van der Waals surface area contributed by atoms with Crippen LogP contribution in [0.5, 0.6) is 0 Å². The standard InChI is InChI=1S/C9H13ClO/c1-2-3-4-8(5-6-10)9-7-11-9/h2,5,9H,1,3-4,6-7H2/b8-5+. The molecule has 0 spiro atoms. The zero-order valence-electron chi connectivity index (χ0n) is 6.55. The van der Waals surface area contributed by atoms with Crippen molar-refractivity contribution in [3.63, 3.8) is 0 Å². The summed E-state index contributed by atoms with van der Waals surface area (Å²) in [7, 11) is 0. The van der Waals surface area contributed by atoms with Crippen LogP contribution >= 0.6 is 11.6 Å². The second-order valence-corrected chi connectivity index (χ2v) is 2.89. The van der Waals surface area contributed by atoms with Crippen molar-refractivity contribution in [3.05, 3.63) is 24.3 Å². The van der Waals surface area contributed by atoms with Crippen molar-refractivity contribution in [2.45, 2.75) is 18.9 Å². The number of rotatable bonds is 5.